The zero-order valence-corrected chi connectivity index (χ0v) is 37.4. The molecule has 0 aromatic heterocycles. The zero-order chi connectivity index (χ0) is 44.7. The van der Waals surface area contributed by atoms with Gasteiger partial charge in [0.2, 0.25) is 5.69 Å². The first-order chi connectivity index (χ1) is 28.3. The molecule has 0 spiro atoms. The minimum Gasteiger partial charge on any atom is -0.344 e. The van der Waals surface area contributed by atoms with Crippen LogP contribution < -0.4 is 10.6 Å². The summed E-state index contributed by atoms with van der Waals surface area (Å²) in [6, 6.07) is 15.9. The van der Waals surface area contributed by atoms with Crippen molar-refractivity contribution in [1.29, 1.82) is 0 Å². The molecule has 346 valence electrons. The van der Waals surface area contributed by atoms with Gasteiger partial charge in [-0.15, -0.1) is 5.06 Å². The predicted molar refractivity (Wildman–Crippen MR) is 249 cm³/mol. The summed E-state index contributed by atoms with van der Waals surface area (Å²) in [4.78, 5) is 43.1. The van der Waals surface area contributed by atoms with Crippen LogP contribution in [0.15, 0.2) is 84.6 Å². The third-order valence-corrected chi connectivity index (χ3v) is 12.1. The molecule has 0 aliphatic carbocycles. The number of para-hydroxylation sites is 2. The van der Waals surface area contributed by atoms with Crippen molar-refractivity contribution in [3.8, 4) is 0 Å². The van der Waals surface area contributed by atoms with Crippen LogP contribution in [0.5, 0.6) is 0 Å². The van der Waals surface area contributed by atoms with E-state index in [4.69, 9.17) is 10.6 Å². The van der Waals surface area contributed by atoms with Crippen LogP contribution in [0.3, 0.4) is 0 Å². The standard InChI is InChI=1S/C40H49N3O10S2.C2H7N.C2H6.2CH4/c1-39(2)30-16-9-11-18-32(30)41(26-14-28-54(47,48)49)34(39)20-6-4-7-21-35-40(3,25-13-5-8-22-38(46)53-43-36(44)23-24-37(43)45)31-17-10-12-19-33(31)42(35)27-15-29-55(50,51)52;1-2-3;1-2;;/h4,6-7,9-12,16-21H,5,8,13-15,22-29H2,1-3H3,(H-,47,48,49,50,51,52);2-3H2,1H3;1-2H3;2*1H4/p+1. The molecule has 3 aliphatic heterocycles. The van der Waals surface area contributed by atoms with Crippen molar-refractivity contribution < 1.29 is 49.7 Å². The minimum absolute atomic E-state index is 0. The summed E-state index contributed by atoms with van der Waals surface area (Å²) in [5.74, 6) is -2.38. The molecule has 2 aromatic rings. The van der Waals surface area contributed by atoms with Crippen LogP contribution in [-0.4, -0.2) is 90.2 Å². The van der Waals surface area contributed by atoms with Gasteiger partial charge in [-0.1, -0.05) is 103 Å². The van der Waals surface area contributed by atoms with E-state index < -0.39 is 43.4 Å². The second-order valence-corrected chi connectivity index (χ2v) is 18.4. The molecule has 16 heteroatoms. The highest BCUT2D eigenvalue weighted by Crippen LogP contribution is 2.50. The lowest BCUT2D eigenvalue weighted by molar-refractivity contribution is -0.437. The van der Waals surface area contributed by atoms with Crippen molar-refractivity contribution in [2.24, 2.45) is 5.73 Å². The van der Waals surface area contributed by atoms with Crippen molar-refractivity contribution in [3.63, 3.8) is 0 Å². The fourth-order valence-electron chi connectivity index (χ4n) is 7.80. The van der Waals surface area contributed by atoms with Crippen LogP contribution in [0.2, 0.25) is 0 Å². The fraction of sp³-hybridized carbons (Fsp3) is 0.522. The highest BCUT2D eigenvalue weighted by Gasteiger charge is 2.44. The lowest BCUT2D eigenvalue weighted by Gasteiger charge is -2.30. The number of hydrogen-bond acceptors (Lipinski definition) is 10. The van der Waals surface area contributed by atoms with E-state index in [0.29, 0.717) is 37.4 Å². The Bertz CT molecular complexity index is 2160. The number of hydrogen-bond donors (Lipinski definition) is 3. The molecule has 3 aliphatic rings. The predicted octanol–water partition coefficient (Wildman–Crippen LogP) is 8.21. The molecular weight excluding hydrogens is 833 g/mol. The highest BCUT2D eigenvalue weighted by molar-refractivity contribution is 7.86. The summed E-state index contributed by atoms with van der Waals surface area (Å²) < 4.78 is 67.1. The molecule has 2 amide bonds. The smallest absolute Gasteiger partial charge is 0.333 e. The Kier molecular flexibility index (Phi) is 22.4. The number of carbonyl (C=O) groups is 3. The van der Waals surface area contributed by atoms with E-state index >= 15 is 0 Å². The molecule has 1 saturated heterocycles. The number of imide groups is 1. The topological polar surface area (TPSA) is 205 Å². The maximum atomic E-state index is 12.4. The molecule has 14 nitrogen and oxygen atoms in total. The molecule has 62 heavy (non-hydrogen) atoms. The van der Waals surface area contributed by atoms with Gasteiger partial charge in [0.15, 0.2) is 5.71 Å². The molecule has 0 bridgehead atoms. The Labute approximate surface area is 371 Å². The monoisotopic (exact) mass is 903 g/mol. The minimum atomic E-state index is -4.16. The van der Waals surface area contributed by atoms with E-state index in [1.807, 2.05) is 87.5 Å². The van der Waals surface area contributed by atoms with Crippen LogP contribution in [0.1, 0.15) is 125 Å². The van der Waals surface area contributed by atoms with Gasteiger partial charge in [-0.3, -0.25) is 18.7 Å². The van der Waals surface area contributed by atoms with Crippen LogP contribution in [0, 0.1) is 0 Å². The number of amides is 2. The summed E-state index contributed by atoms with van der Waals surface area (Å²) >= 11 is 0. The first-order valence-corrected chi connectivity index (χ1v) is 23.9. The first kappa shape index (κ1) is 55.5. The number of anilines is 1. The largest absolute Gasteiger partial charge is 0.344 e. The maximum absolute atomic E-state index is 12.4. The number of benzene rings is 2. The van der Waals surface area contributed by atoms with Gasteiger partial charge >= 0.3 is 5.97 Å². The third kappa shape index (κ3) is 14.8. The molecule has 1 atom stereocenters. The van der Waals surface area contributed by atoms with Crippen molar-refractivity contribution in [2.75, 3.05) is 36.0 Å². The van der Waals surface area contributed by atoms with E-state index in [2.05, 4.69) is 42.4 Å². The van der Waals surface area contributed by atoms with Gasteiger partial charge in [0.25, 0.3) is 32.1 Å². The molecule has 0 radical (unpaired) electrons. The summed E-state index contributed by atoms with van der Waals surface area (Å²) in [6.45, 7) is 13.8. The van der Waals surface area contributed by atoms with Gasteiger partial charge in [-0.2, -0.15) is 21.4 Å². The number of fused-ring (bicyclic) bond motifs is 2. The Morgan fingerprint density at radius 3 is 2.00 bits per heavy atom. The normalized spacial score (nSPS) is 18.5. The van der Waals surface area contributed by atoms with Gasteiger partial charge < -0.3 is 15.5 Å². The van der Waals surface area contributed by atoms with Crippen LogP contribution in [0.4, 0.5) is 11.4 Å². The Morgan fingerprint density at radius 2 is 1.39 bits per heavy atom. The summed E-state index contributed by atoms with van der Waals surface area (Å²) in [6.07, 6.45) is 13.0. The zero-order valence-electron chi connectivity index (χ0n) is 35.8. The molecule has 2 aromatic carbocycles. The number of carbonyl (C=O) groups excluding carboxylic acids is 3. The second kappa shape index (κ2) is 25.0. The lowest BCUT2D eigenvalue weighted by atomic mass is 9.77. The van der Waals surface area contributed by atoms with E-state index in [1.165, 1.54) is 0 Å². The number of nitrogens with two attached hydrogens (primary N) is 1. The summed E-state index contributed by atoms with van der Waals surface area (Å²) in [5, 5.41) is 0.561. The van der Waals surface area contributed by atoms with E-state index in [9.17, 15) is 40.3 Å². The highest BCUT2D eigenvalue weighted by atomic mass is 32.2. The van der Waals surface area contributed by atoms with Crippen molar-refractivity contribution in [2.45, 2.75) is 125 Å². The molecule has 1 fully saturated rings. The molecule has 4 N–H and O–H groups in total. The van der Waals surface area contributed by atoms with Gasteiger partial charge in [0, 0.05) is 66.7 Å². The number of allylic oxidation sites excluding steroid dienone is 6. The summed E-state index contributed by atoms with van der Waals surface area (Å²) in [7, 11) is -8.25. The molecule has 0 saturated carbocycles. The van der Waals surface area contributed by atoms with Gasteiger partial charge in [-0.05, 0) is 64.3 Å². The Morgan fingerprint density at radius 1 is 0.823 bits per heavy atom. The van der Waals surface area contributed by atoms with Crippen LogP contribution in [0.25, 0.3) is 0 Å². The quantitative estimate of drug-likeness (QED) is 0.0426. The van der Waals surface area contributed by atoms with Gasteiger partial charge in [0.05, 0.1) is 16.9 Å². The summed E-state index contributed by atoms with van der Waals surface area (Å²) in [5.41, 5.74) is 10.0. The number of hydroxylamine groups is 2. The number of unbranched alkanes of at least 4 members (excludes halogenated alkanes) is 2. The van der Waals surface area contributed by atoms with Crippen molar-refractivity contribution in [3.05, 3.63) is 95.7 Å². The first-order valence-electron chi connectivity index (χ1n) is 20.7. The number of nitrogens with zero attached hydrogens (tertiary/aromatic N) is 3. The lowest BCUT2D eigenvalue weighted by Crippen LogP contribution is -2.32. The Hall–Kier alpha value is -4.48. The van der Waals surface area contributed by atoms with Crippen molar-refractivity contribution in [1.82, 2.24) is 5.06 Å². The second-order valence-electron chi connectivity index (χ2n) is 15.3. The molecule has 1 unspecified atom stereocenters. The van der Waals surface area contributed by atoms with Crippen LogP contribution >= 0.6 is 0 Å². The maximum Gasteiger partial charge on any atom is 0.333 e. The van der Waals surface area contributed by atoms with E-state index in [0.717, 1.165) is 46.9 Å². The van der Waals surface area contributed by atoms with Crippen LogP contribution in [-0.2, 0) is 50.3 Å². The average molecular weight is 904 g/mol. The molecule has 3 heterocycles. The van der Waals surface area contributed by atoms with E-state index in [-0.39, 0.29) is 63.9 Å². The van der Waals surface area contributed by atoms with Crippen molar-refractivity contribution >= 4 is 55.1 Å². The average Bonchev–Trinajstić information content (AvgIpc) is 3.71. The third-order valence-electron chi connectivity index (χ3n) is 10.5. The Balaban J connectivity index is 0.00000263. The fourth-order valence-corrected chi connectivity index (χ4v) is 8.79. The number of rotatable bonds is 18. The van der Waals surface area contributed by atoms with E-state index in [1.54, 1.807) is 0 Å². The molecular formula is C46H71N4O10S2+. The van der Waals surface area contributed by atoms with Gasteiger partial charge in [-0.25, -0.2) is 4.79 Å². The van der Waals surface area contributed by atoms with Gasteiger partial charge in [0.1, 0.15) is 6.54 Å². The SMILES string of the molecule is C.C.CC.CC1(C)C(/C=C/C=C/C=C2\N(CCCS(=O)(=O)O)c3ccccc3C2(C)CCCCCC(=O)ON2C(=O)CCC2=O)=[N+](CCCS(=O)(=O)O)c2ccccc21.CCN. The molecule has 5 rings (SSSR count).